The molecule has 0 radical (unpaired) electrons. The standard InChI is InChI=1S/C26H32ClN3O4/c1-2-34-25(32)21-13-17-29(18-14-21)24(31)15-19-30(16-12-20-6-4-3-5-7-20)26(33)28-23-10-8-22(27)9-11-23/h3-11,21H,2,12-19H2,1H3,(H,28,33). The molecule has 0 spiro atoms. The second-order valence-electron chi connectivity index (χ2n) is 8.32. The number of urea groups is 1. The highest BCUT2D eigenvalue weighted by molar-refractivity contribution is 6.30. The first-order valence-electron chi connectivity index (χ1n) is 11.8. The molecule has 1 N–H and O–H groups in total. The number of amides is 3. The van der Waals surface area contributed by atoms with Crippen molar-refractivity contribution < 1.29 is 19.1 Å². The highest BCUT2D eigenvalue weighted by Crippen LogP contribution is 2.20. The number of halogens is 1. The minimum Gasteiger partial charge on any atom is -0.466 e. The number of hydrogen-bond acceptors (Lipinski definition) is 4. The largest absolute Gasteiger partial charge is 0.466 e. The maximum atomic E-state index is 13.0. The van der Waals surface area contributed by atoms with E-state index in [0.717, 1.165) is 5.56 Å². The van der Waals surface area contributed by atoms with Crippen LogP contribution in [0.1, 0.15) is 31.7 Å². The Kier molecular flexibility index (Phi) is 9.76. The molecule has 0 unspecified atom stereocenters. The summed E-state index contributed by atoms with van der Waals surface area (Å²) in [6, 6.07) is 16.6. The van der Waals surface area contributed by atoms with Gasteiger partial charge < -0.3 is 19.9 Å². The summed E-state index contributed by atoms with van der Waals surface area (Å²) >= 11 is 5.94. The van der Waals surface area contributed by atoms with Gasteiger partial charge in [0, 0.05) is 43.3 Å². The van der Waals surface area contributed by atoms with E-state index in [2.05, 4.69) is 5.32 Å². The maximum Gasteiger partial charge on any atom is 0.321 e. The molecule has 1 aliphatic rings. The number of carbonyl (C=O) groups is 3. The summed E-state index contributed by atoms with van der Waals surface area (Å²) in [7, 11) is 0. The monoisotopic (exact) mass is 485 g/mol. The van der Waals surface area contributed by atoms with Crippen molar-refractivity contribution in [2.24, 2.45) is 5.92 Å². The molecule has 0 aromatic heterocycles. The van der Waals surface area contributed by atoms with Crippen molar-refractivity contribution in [3.8, 4) is 0 Å². The van der Waals surface area contributed by atoms with Crippen molar-refractivity contribution in [3.63, 3.8) is 0 Å². The van der Waals surface area contributed by atoms with Crippen LogP contribution in [0.15, 0.2) is 54.6 Å². The number of ether oxygens (including phenoxy) is 1. The summed E-state index contributed by atoms with van der Waals surface area (Å²) < 4.78 is 5.10. The Labute approximate surface area is 206 Å². The average Bonchev–Trinajstić information content (AvgIpc) is 2.86. The molecule has 0 atom stereocenters. The van der Waals surface area contributed by atoms with Crippen LogP contribution in [-0.4, -0.2) is 60.5 Å². The molecule has 1 heterocycles. The number of hydrogen-bond donors (Lipinski definition) is 1. The Morgan fingerprint density at radius 2 is 1.71 bits per heavy atom. The second kappa shape index (κ2) is 13.0. The minimum absolute atomic E-state index is 0.00804. The smallest absolute Gasteiger partial charge is 0.321 e. The van der Waals surface area contributed by atoms with Crippen molar-refractivity contribution in [2.45, 2.75) is 32.6 Å². The van der Waals surface area contributed by atoms with Crippen LogP contribution in [0.25, 0.3) is 0 Å². The van der Waals surface area contributed by atoms with Crippen molar-refractivity contribution in [1.29, 1.82) is 0 Å². The van der Waals surface area contributed by atoms with Crippen molar-refractivity contribution in [1.82, 2.24) is 9.80 Å². The van der Waals surface area contributed by atoms with Gasteiger partial charge in [-0.25, -0.2) is 4.79 Å². The SMILES string of the molecule is CCOC(=O)C1CCN(C(=O)CCN(CCc2ccccc2)C(=O)Nc2ccc(Cl)cc2)CC1. The number of likely N-dealkylation sites (tertiary alicyclic amines) is 1. The zero-order chi connectivity index (χ0) is 24.3. The molecule has 2 aromatic carbocycles. The predicted octanol–water partition coefficient (Wildman–Crippen LogP) is 4.61. The van der Waals surface area contributed by atoms with Crippen molar-refractivity contribution in [2.75, 3.05) is 38.1 Å². The van der Waals surface area contributed by atoms with Crippen LogP contribution in [0.3, 0.4) is 0 Å². The molecule has 34 heavy (non-hydrogen) atoms. The maximum absolute atomic E-state index is 13.0. The quantitative estimate of drug-likeness (QED) is 0.526. The van der Waals surface area contributed by atoms with E-state index in [1.807, 2.05) is 30.3 Å². The van der Waals surface area contributed by atoms with Gasteiger partial charge in [0.05, 0.1) is 12.5 Å². The molecule has 8 heteroatoms. The van der Waals surface area contributed by atoms with Crippen LogP contribution >= 0.6 is 11.6 Å². The van der Waals surface area contributed by atoms with Crippen molar-refractivity contribution in [3.05, 3.63) is 65.2 Å². The molecule has 3 rings (SSSR count). The lowest BCUT2D eigenvalue weighted by Gasteiger charge is -2.31. The van der Waals surface area contributed by atoms with Gasteiger partial charge in [0.15, 0.2) is 0 Å². The lowest BCUT2D eigenvalue weighted by atomic mass is 9.97. The van der Waals surface area contributed by atoms with E-state index in [0.29, 0.717) is 62.8 Å². The van der Waals surface area contributed by atoms with Crippen molar-refractivity contribution >= 4 is 35.2 Å². The first-order chi connectivity index (χ1) is 16.5. The first-order valence-corrected chi connectivity index (χ1v) is 12.1. The van der Waals surface area contributed by atoms with Crippen LogP contribution < -0.4 is 5.32 Å². The fourth-order valence-electron chi connectivity index (χ4n) is 3.97. The van der Waals surface area contributed by atoms with E-state index in [1.54, 1.807) is 41.0 Å². The topological polar surface area (TPSA) is 79.0 Å². The summed E-state index contributed by atoms with van der Waals surface area (Å²) in [6.07, 6.45) is 2.14. The van der Waals surface area contributed by atoms with Crippen LogP contribution in [0.2, 0.25) is 5.02 Å². The summed E-state index contributed by atoms with van der Waals surface area (Å²) in [4.78, 5) is 41.2. The van der Waals surface area contributed by atoms with Gasteiger partial charge in [-0.1, -0.05) is 41.9 Å². The van der Waals surface area contributed by atoms with Crippen LogP contribution in [0.4, 0.5) is 10.5 Å². The lowest BCUT2D eigenvalue weighted by molar-refractivity contribution is -0.151. The molecule has 7 nitrogen and oxygen atoms in total. The van der Waals surface area contributed by atoms with Crippen LogP contribution in [-0.2, 0) is 20.7 Å². The van der Waals surface area contributed by atoms with Crippen LogP contribution in [0, 0.1) is 5.92 Å². The third kappa shape index (κ3) is 7.76. The third-order valence-corrected chi connectivity index (χ3v) is 6.21. The van der Waals surface area contributed by atoms with Gasteiger partial charge in [-0.15, -0.1) is 0 Å². The van der Waals surface area contributed by atoms with E-state index in [-0.39, 0.29) is 30.2 Å². The van der Waals surface area contributed by atoms with E-state index in [1.165, 1.54) is 0 Å². The average molecular weight is 486 g/mol. The zero-order valence-corrected chi connectivity index (χ0v) is 20.3. The minimum atomic E-state index is -0.257. The Bertz CT molecular complexity index is 944. The summed E-state index contributed by atoms with van der Waals surface area (Å²) in [6.45, 7) is 4.02. The zero-order valence-electron chi connectivity index (χ0n) is 19.5. The number of nitrogens with zero attached hydrogens (tertiary/aromatic N) is 2. The van der Waals surface area contributed by atoms with E-state index in [9.17, 15) is 14.4 Å². The number of piperidine rings is 1. The molecule has 0 saturated carbocycles. The van der Waals surface area contributed by atoms with Gasteiger partial charge in [0.1, 0.15) is 0 Å². The third-order valence-electron chi connectivity index (χ3n) is 5.96. The lowest BCUT2D eigenvalue weighted by Crippen LogP contribution is -2.43. The van der Waals surface area contributed by atoms with Gasteiger partial charge in [-0.05, 0) is 56.0 Å². The summed E-state index contributed by atoms with van der Waals surface area (Å²) in [5, 5.41) is 3.48. The number of esters is 1. The number of rotatable bonds is 9. The van der Waals surface area contributed by atoms with Crippen LogP contribution in [0.5, 0.6) is 0 Å². The predicted molar refractivity (Wildman–Crippen MR) is 133 cm³/mol. The molecular weight excluding hydrogens is 454 g/mol. The first kappa shape index (κ1) is 25.6. The van der Waals surface area contributed by atoms with E-state index in [4.69, 9.17) is 16.3 Å². The molecule has 0 aliphatic carbocycles. The number of carbonyl (C=O) groups excluding carboxylic acids is 3. The molecule has 1 saturated heterocycles. The Balaban J connectivity index is 1.55. The number of benzene rings is 2. The molecule has 3 amide bonds. The summed E-state index contributed by atoms with van der Waals surface area (Å²) in [5.74, 6) is -0.330. The molecule has 1 fully saturated rings. The molecule has 0 bridgehead atoms. The summed E-state index contributed by atoms with van der Waals surface area (Å²) in [5.41, 5.74) is 1.77. The molecule has 2 aromatic rings. The van der Waals surface area contributed by atoms with Gasteiger partial charge in [-0.3, -0.25) is 9.59 Å². The highest BCUT2D eigenvalue weighted by atomic mass is 35.5. The van der Waals surface area contributed by atoms with Gasteiger partial charge in [0.25, 0.3) is 0 Å². The number of anilines is 1. The van der Waals surface area contributed by atoms with Gasteiger partial charge in [-0.2, -0.15) is 0 Å². The Morgan fingerprint density at radius 1 is 1.03 bits per heavy atom. The van der Waals surface area contributed by atoms with E-state index >= 15 is 0 Å². The normalized spacial score (nSPS) is 13.9. The molecule has 1 aliphatic heterocycles. The fourth-order valence-corrected chi connectivity index (χ4v) is 4.10. The van der Waals surface area contributed by atoms with Gasteiger partial charge in [0.2, 0.25) is 5.91 Å². The second-order valence-corrected chi connectivity index (χ2v) is 8.75. The Hall–Kier alpha value is -3.06. The number of nitrogens with one attached hydrogen (secondary N) is 1. The van der Waals surface area contributed by atoms with E-state index < -0.39 is 0 Å². The Morgan fingerprint density at radius 3 is 2.35 bits per heavy atom. The van der Waals surface area contributed by atoms with Gasteiger partial charge >= 0.3 is 12.0 Å². The fraction of sp³-hybridized carbons (Fsp3) is 0.423. The highest BCUT2D eigenvalue weighted by Gasteiger charge is 2.28. The molecule has 182 valence electrons. The molecular formula is C26H32ClN3O4.